The number of aliphatic imine (C=N–C) groups is 1. The quantitative estimate of drug-likeness (QED) is 0.154. The minimum absolute atomic E-state index is 0. The summed E-state index contributed by atoms with van der Waals surface area (Å²) in [6.45, 7) is 4.34. The molecule has 1 aliphatic carbocycles. The number of hydrogen-bond acceptors (Lipinski definition) is 4. The number of aliphatic hydroxyl groups is 1. The van der Waals surface area contributed by atoms with Gasteiger partial charge in [-0.25, -0.2) is 0 Å². The monoisotopic (exact) mass is 555 g/mol. The molecule has 0 heterocycles. The Labute approximate surface area is 201 Å². The van der Waals surface area contributed by atoms with E-state index in [-0.39, 0.29) is 41.7 Å². The van der Waals surface area contributed by atoms with E-state index in [1.54, 1.807) is 12.1 Å². The first-order chi connectivity index (χ1) is 14.5. The van der Waals surface area contributed by atoms with Crippen molar-refractivity contribution in [1.29, 1.82) is 0 Å². The number of halogens is 3. The number of nitrogens with one attached hydrogen (secondary N) is 2. The summed E-state index contributed by atoms with van der Waals surface area (Å²) in [5.74, 6) is 0.731. The van der Waals surface area contributed by atoms with Crippen LogP contribution in [0.3, 0.4) is 0 Å². The number of benzene rings is 1. The molecule has 1 aliphatic rings. The van der Waals surface area contributed by atoms with Crippen molar-refractivity contribution in [1.82, 2.24) is 10.6 Å². The van der Waals surface area contributed by atoms with Crippen molar-refractivity contribution in [2.75, 3.05) is 32.8 Å². The fraction of sp³-hybridized carbons (Fsp3) is 0.682. The molecule has 0 radical (unpaired) electrons. The highest BCUT2D eigenvalue weighted by Gasteiger charge is 2.33. The third-order valence-electron chi connectivity index (χ3n) is 5.51. The van der Waals surface area contributed by atoms with Gasteiger partial charge >= 0.3 is 6.61 Å². The van der Waals surface area contributed by atoms with Crippen molar-refractivity contribution in [2.45, 2.75) is 58.7 Å². The minimum atomic E-state index is -2.86. The van der Waals surface area contributed by atoms with Crippen LogP contribution < -0.4 is 15.4 Å². The molecular formula is C22H36F2IN3O3. The van der Waals surface area contributed by atoms with Gasteiger partial charge in [-0.3, -0.25) is 4.99 Å². The molecule has 0 aromatic heterocycles. The van der Waals surface area contributed by atoms with E-state index < -0.39 is 12.7 Å². The summed E-state index contributed by atoms with van der Waals surface area (Å²) in [4.78, 5) is 4.78. The second kappa shape index (κ2) is 14.8. The topological polar surface area (TPSA) is 75.1 Å². The molecule has 2 rings (SSSR count). The number of rotatable bonds is 12. The maximum Gasteiger partial charge on any atom is 0.387 e. The van der Waals surface area contributed by atoms with E-state index in [0.717, 1.165) is 26.2 Å². The van der Waals surface area contributed by atoms with Crippen LogP contribution in [0.5, 0.6) is 5.75 Å². The van der Waals surface area contributed by atoms with Crippen LogP contribution in [0.25, 0.3) is 0 Å². The smallest absolute Gasteiger partial charge is 0.387 e. The third kappa shape index (κ3) is 9.86. The largest absolute Gasteiger partial charge is 0.435 e. The third-order valence-corrected chi connectivity index (χ3v) is 5.51. The minimum Gasteiger partial charge on any atom is -0.435 e. The molecule has 3 N–H and O–H groups in total. The summed E-state index contributed by atoms with van der Waals surface area (Å²) in [5.41, 5.74) is 0.806. The maximum absolute atomic E-state index is 12.3. The molecule has 0 saturated heterocycles. The average molecular weight is 555 g/mol. The van der Waals surface area contributed by atoms with E-state index in [9.17, 15) is 13.9 Å². The van der Waals surface area contributed by atoms with Crippen LogP contribution in [0, 0.1) is 5.41 Å². The molecule has 9 heteroatoms. The van der Waals surface area contributed by atoms with Gasteiger partial charge in [-0.1, -0.05) is 25.0 Å². The van der Waals surface area contributed by atoms with Gasteiger partial charge in [-0.2, -0.15) is 8.78 Å². The van der Waals surface area contributed by atoms with E-state index in [4.69, 9.17) is 9.73 Å². The molecule has 0 amide bonds. The normalized spacial score (nSPS) is 16.6. The highest BCUT2D eigenvalue weighted by molar-refractivity contribution is 14.0. The number of hydrogen-bond donors (Lipinski definition) is 3. The molecule has 1 aromatic rings. The average Bonchev–Trinajstić information content (AvgIpc) is 3.19. The lowest BCUT2D eigenvalue weighted by molar-refractivity contribution is -0.0498. The zero-order valence-corrected chi connectivity index (χ0v) is 20.7. The van der Waals surface area contributed by atoms with Crippen LogP contribution in [-0.2, 0) is 4.74 Å². The second-order valence-corrected chi connectivity index (χ2v) is 7.69. The highest BCUT2D eigenvalue weighted by Crippen LogP contribution is 2.41. The lowest BCUT2D eigenvalue weighted by Crippen LogP contribution is -2.40. The van der Waals surface area contributed by atoms with Crippen LogP contribution in [0.1, 0.15) is 57.6 Å². The van der Waals surface area contributed by atoms with Crippen molar-refractivity contribution in [3.63, 3.8) is 0 Å². The summed E-state index contributed by atoms with van der Waals surface area (Å²) in [6.07, 6.45) is 5.01. The van der Waals surface area contributed by atoms with Gasteiger partial charge in [-0.05, 0) is 56.2 Å². The predicted molar refractivity (Wildman–Crippen MR) is 129 cm³/mol. The molecule has 0 bridgehead atoms. The molecule has 1 atom stereocenters. The molecule has 1 aromatic carbocycles. The molecule has 31 heavy (non-hydrogen) atoms. The molecule has 0 aliphatic heterocycles. The van der Waals surface area contributed by atoms with Crippen molar-refractivity contribution >= 4 is 29.9 Å². The standard InChI is InChI=1S/C22H35F2N3O3.HI/c1-3-25-21(27-16-22(11-5-6-12-22)13-14-29-4-2)26-15-19(28)17-7-9-18(10-8-17)30-20(23)24;/h7-10,19-20,28H,3-6,11-16H2,1-2H3,(H2,25,26,27);1H. The van der Waals surface area contributed by atoms with Gasteiger partial charge in [0.2, 0.25) is 0 Å². The molecular weight excluding hydrogens is 519 g/mol. The van der Waals surface area contributed by atoms with Gasteiger partial charge in [0.1, 0.15) is 5.75 Å². The highest BCUT2D eigenvalue weighted by atomic mass is 127. The summed E-state index contributed by atoms with van der Waals surface area (Å²) in [7, 11) is 0. The number of ether oxygens (including phenoxy) is 2. The second-order valence-electron chi connectivity index (χ2n) is 7.69. The molecule has 0 spiro atoms. The van der Waals surface area contributed by atoms with E-state index in [2.05, 4.69) is 15.4 Å². The molecule has 1 saturated carbocycles. The Morgan fingerprint density at radius 1 is 1.16 bits per heavy atom. The lowest BCUT2D eigenvalue weighted by Gasteiger charge is -2.27. The summed E-state index contributed by atoms with van der Waals surface area (Å²) in [6, 6.07) is 6.00. The van der Waals surface area contributed by atoms with E-state index in [1.807, 2.05) is 13.8 Å². The Morgan fingerprint density at radius 2 is 1.84 bits per heavy atom. The van der Waals surface area contributed by atoms with E-state index >= 15 is 0 Å². The van der Waals surface area contributed by atoms with E-state index in [0.29, 0.717) is 18.1 Å². The fourth-order valence-electron chi connectivity index (χ4n) is 3.82. The Morgan fingerprint density at radius 3 is 2.42 bits per heavy atom. The van der Waals surface area contributed by atoms with Gasteiger partial charge in [0.25, 0.3) is 0 Å². The zero-order chi connectivity index (χ0) is 21.8. The zero-order valence-electron chi connectivity index (χ0n) is 18.4. The van der Waals surface area contributed by atoms with Crippen LogP contribution >= 0.6 is 24.0 Å². The van der Waals surface area contributed by atoms with Crippen LogP contribution in [0.4, 0.5) is 8.78 Å². The SMILES string of the molecule is CCNC(=NCC1(CCOCC)CCCC1)NCC(O)c1ccc(OC(F)F)cc1.I. The maximum atomic E-state index is 12.3. The number of nitrogens with zero attached hydrogens (tertiary/aromatic N) is 1. The summed E-state index contributed by atoms with van der Waals surface area (Å²) in [5, 5.41) is 16.8. The van der Waals surface area contributed by atoms with Gasteiger partial charge in [-0.15, -0.1) is 24.0 Å². The van der Waals surface area contributed by atoms with Crippen molar-refractivity contribution < 1.29 is 23.4 Å². The first-order valence-corrected chi connectivity index (χ1v) is 10.8. The molecule has 178 valence electrons. The lowest BCUT2D eigenvalue weighted by atomic mass is 9.83. The van der Waals surface area contributed by atoms with Gasteiger partial charge in [0, 0.05) is 32.8 Å². The number of alkyl halides is 2. The van der Waals surface area contributed by atoms with Crippen molar-refractivity contribution in [3.8, 4) is 5.75 Å². The van der Waals surface area contributed by atoms with E-state index in [1.165, 1.54) is 37.8 Å². The Hall–Kier alpha value is -1.20. The molecule has 6 nitrogen and oxygen atoms in total. The summed E-state index contributed by atoms with van der Waals surface area (Å²) >= 11 is 0. The van der Waals surface area contributed by atoms with Gasteiger partial charge in [0.15, 0.2) is 5.96 Å². The summed E-state index contributed by atoms with van der Waals surface area (Å²) < 4.78 is 34.4. The number of guanidine groups is 1. The van der Waals surface area contributed by atoms with Crippen molar-refractivity contribution in [3.05, 3.63) is 29.8 Å². The van der Waals surface area contributed by atoms with Crippen LogP contribution in [0.15, 0.2) is 29.3 Å². The predicted octanol–water partition coefficient (Wildman–Crippen LogP) is 4.48. The first kappa shape index (κ1) is 27.8. The number of aliphatic hydroxyl groups excluding tert-OH is 1. The fourth-order valence-corrected chi connectivity index (χ4v) is 3.82. The Bertz CT molecular complexity index is 641. The van der Waals surface area contributed by atoms with Crippen molar-refractivity contribution in [2.24, 2.45) is 10.4 Å². The Kier molecular flexibility index (Phi) is 13.3. The molecule has 1 unspecified atom stereocenters. The molecule has 1 fully saturated rings. The van der Waals surface area contributed by atoms with Crippen LogP contribution in [-0.4, -0.2) is 50.5 Å². The van der Waals surface area contributed by atoms with Gasteiger partial charge in [0.05, 0.1) is 6.10 Å². The Balaban J connectivity index is 0.00000480. The first-order valence-electron chi connectivity index (χ1n) is 10.8. The van der Waals surface area contributed by atoms with Gasteiger partial charge < -0.3 is 25.2 Å². The van der Waals surface area contributed by atoms with Crippen LogP contribution in [0.2, 0.25) is 0 Å².